The van der Waals surface area contributed by atoms with E-state index in [1.54, 1.807) is 12.1 Å². The zero-order valence-electron chi connectivity index (χ0n) is 9.27. The van der Waals surface area contributed by atoms with E-state index in [-0.39, 0.29) is 12.4 Å². The first kappa shape index (κ1) is 12.1. The Morgan fingerprint density at radius 3 is 2.71 bits per heavy atom. The molecule has 0 spiro atoms. The van der Waals surface area contributed by atoms with Gasteiger partial charge in [0.25, 0.3) is 0 Å². The summed E-state index contributed by atoms with van der Waals surface area (Å²) < 4.78 is 5.39. The van der Waals surface area contributed by atoms with Crippen LogP contribution < -0.4 is 4.74 Å². The molecule has 1 aromatic carbocycles. The summed E-state index contributed by atoms with van der Waals surface area (Å²) in [6, 6.07) is 10.9. The predicted molar refractivity (Wildman–Crippen MR) is 70.3 cm³/mol. The van der Waals surface area contributed by atoms with Crippen molar-refractivity contribution in [3.63, 3.8) is 0 Å². The van der Waals surface area contributed by atoms with Gasteiger partial charge in [-0.15, -0.1) is 11.3 Å². The summed E-state index contributed by atoms with van der Waals surface area (Å²) in [5, 5.41) is 0.516. The Balaban J connectivity index is 1.99. The van der Waals surface area contributed by atoms with Gasteiger partial charge in [0.2, 0.25) is 5.78 Å². The molecule has 0 aliphatic carbocycles. The van der Waals surface area contributed by atoms with Crippen LogP contribution in [0.5, 0.6) is 5.75 Å². The zero-order valence-corrected chi connectivity index (χ0v) is 10.8. The molecule has 4 heteroatoms. The molecule has 0 aliphatic rings. The van der Waals surface area contributed by atoms with Gasteiger partial charge in [-0.1, -0.05) is 23.7 Å². The maximum atomic E-state index is 11.8. The number of benzene rings is 1. The van der Waals surface area contributed by atoms with Crippen molar-refractivity contribution in [3.05, 3.63) is 51.2 Å². The van der Waals surface area contributed by atoms with Gasteiger partial charge in [0.1, 0.15) is 5.75 Å². The van der Waals surface area contributed by atoms with Gasteiger partial charge in [0, 0.05) is 4.88 Å². The number of halogens is 1. The number of para-hydroxylation sites is 1. The van der Waals surface area contributed by atoms with E-state index in [0.29, 0.717) is 10.8 Å². The molecule has 0 saturated heterocycles. The van der Waals surface area contributed by atoms with Crippen LogP contribution >= 0.6 is 22.9 Å². The van der Waals surface area contributed by atoms with Gasteiger partial charge < -0.3 is 4.74 Å². The average Bonchev–Trinajstić information content (AvgIpc) is 2.74. The van der Waals surface area contributed by atoms with Gasteiger partial charge in [-0.2, -0.15) is 0 Å². The van der Waals surface area contributed by atoms with Crippen molar-refractivity contribution in [3.8, 4) is 5.75 Å². The molecule has 0 N–H and O–H groups in total. The van der Waals surface area contributed by atoms with E-state index in [9.17, 15) is 4.79 Å². The second-order valence-electron chi connectivity index (χ2n) is 3.55. The summed E-state index contributed by atoms with van der Waals surface area (Å²) in [4.78, 5) is 13.6. The maximum absolute atomic E-state index is 11.8. The monoisotopic (exact) mass is 266 g/mol. The minimum atomic E-state index is -0.0250. The standard InChI is InChI=1S/C13H11ClO2S/c1-9-6-7-13(17-9)11(15)8-16-12-5-3-2-4-10(12)14/h2-7H,8H2,1H3. The number of hydrogen-bond donors (Lipinski definition) is 0. The van der Waals surface area contributed by atoms with Crippen LogP contribution in [0, 0.1) is 6.92 Å². The highest BCUT2D eigenvalue weighted by Crippen LogP contribution is 2.23. The SMILES string of the molecule is Cc1ccc(C(=O)COc2ccccc2Cl)s1. The van der Waals surface area contributed by atoms with Crippen molar-refractivity contribution in [2.45, 2.75) is 6.92 Å². The highest BCUT2D eigenvalue weighted by atomic mass is 35.5. The lowest BCUT2D eigenvalue weighted by molar-refractivity contribution is 0.0925. The second-order valence-corrected chi connectivity index (χ2v) is 5.25. The van der Waals surface area contributed by atoms with Crippen molar-refractivity contribution in [2.75, 3.05) is 6.61 Å². The summed E-state index contributed by atoms with van der Waals surface area (Å²) in [7, 11) is 0. The fourth-order valence-corrected chi connectivity index (χ4v) is 2.34. The van der Waals surface area contributed by atoms with Gasteiger partial charge in [-0.05, 0) is 31.2 Å². The molecule has 1 aromatic heterocycles. The lowest BCUT2D eigenvalue weighted by atomic mass is 10.3. The van der Waals surface area contributed by atoms with Gasteiger partial charge in [-0.25, -0.2) is 0 Å². The van der Waals surface area contributed by atoms with Gasteiger partial charge in [-0.3, -0.25) is 4.79 Å². The summed E-state index contributed by atoms with van der Waals surface area (Å²) in [5.74, 6) is 0.513. The van der Waals surface area contributed by atoms with Crippen LogP contribution in [0.25, 0.3) is 0 Å². The molecule has 0 bridgehead atoms. The van der Waals surface area contributed by atoms with Gasteiger partial charge in [0.05, 0.1) is 9.90 Å². The molecule has 0 fully saturated rings. The predicted octanol–water partition coefficient (Wildman–Crippen LogP) is 3.97. The molecule has 0 unspecified atom stereocenters. The topological polar surface area (TPSA) is 26.3 Å². The van der Waals surface area contributed by atoms with Crippen molar-refractivity contribution in [1.82, 2.24) is 0 Å². The number of thiophene rings is 1. The molecule has 2 rings (SSSR count). The van der Waals surface area contributed by atoms with Crippen molar-refractivity contribution in [2.24, 2.45) is 0 Å². The minimum Gasteiger partial charge on any atom is -0.484 e. The Labute approximate surface area is 109 Å². The number of aryl methyl sites for hydroxylation is 1. The third-order valence-electron chi connectivity index (χ3n) is 2.21. The number of carbonyl (C=O) groups excluding carboxylic acids is 1. The Bertz CT molecular complexity index is 534. The summed E-state index contributed by atoms with van der Waals surface area (Å²) in [6.07, 6.45) is 0. The van der Waals surface area contributed by atoms with Gasteiger partial charge >= 0.3 is 0 Å². The van der Waals surface area contributed by atoms with E-state index in [1.165, 1.54) is 11.3 Å². The van der Waals surface area contributed by atoms with E-state index in [0.717, 1.165) is 9.75 Å². The fourth-order valence-electron chi connectivity index (χ4n) is 1.36. The molecule has 0 aliphatic heterocycles. The molecule has 0 amide bonds. The number of rotatable bonds is 4. The van der Waals surface area contributed by atoms with E-state index in [1.807, 2.05) is 31.2 Å². The number of Topliss-reactive ketones (excluding diaryl/α,β-unsaturated/α-hetero) is 1. The van der Waals surface area contributed by atoms with Crippen LogP contribution in [0.2, 0.25) is 5.02 Å². The Hall–Kier alpha value is -1.32. The molecule has 2 aromatic rings. The van der Waals surface area contributed by atoms with Crippen LogP contribution in [-0.2, 0) is 0 Å². The van der Waals surface area contributed by atoms with Crippen LogP contribution in [0.1, 0.15) is 14.5 Å². The highest BCUT2D eigenvalue weighted by molar-refractivity contribution is 7.14. The summed E-state index contributed by atoms with van der Waals surface area (Å²) in [5.41, 5.74) is 0. The van der Waals surface area contributed by atoms with Gasteiger partial charge in [0.15, 0.2) is 6.61 Å². The molecule has 1 heterocycles. The molecule has 0 atom stereocenters. The largest absolute Gasteiger partial charge is 0.484 e. The maximum Gasteiger partial charge on any atom is 0.210 e. The van der Waals surface area contributed by atoms with Crippen molar-refractivity contribution < 1.29 is 9.53 Å². The van der Waals surface area contributed by atoms with E-state index >= 15 is 0 Å². The molecule has 2 nitrogen and oxygen atoms in total. The highest BCUT2D eigenvalue weighted by Gasteiger charge is 2.10. The number of ketones is 1. The van der Waals surface area contributed by atoms with Crippen molar-refractivity contribution >= 4 is 28.7 Å². The molecular formula is C13H11ClO2S. The molecule has 88 valence electrons. The Morgan fingerprint density at radius 1 is 1.29 bits per heavy atom. The Kier molecular flexibility index (Phi) is 3.82. The number of ether oxygens (including phenoxy) is 1. The Morgan fingerprint density at radius 2 is 2.06 bits per heavy atom. The van der Waals surface area contributed by atoms with Crippen LogP contribution in [-0.4, -0.2) is 12.4 Å². The van der Waals surface area contributed by atoms with Crippen LogP contribution in [0.4, 0.5) is 0 Å². The normalized spacial score (nSPS) is 10.2. The molecule has 0 radical (unpaired) electrons. The quantitative estimate of drug-likeness (QED) is 0.783. The third kappa shape index (κ3) is 3.08. The molecule has 0 saturated carbocycles. The summed E-state index contributed by atoms with van der Waals surface area (Å²) >= 11 is 7.40. The number of carbonyl (C=O) groups is 1. The average molecular weight is 267 g/mol. The number of hydrogen-bond acceptors (Lipinski definition) is 3. The molecular weight excluding hydrogens is 256 g/mol. The first-order valence-corrected chi connectivity index (χ1v) is 6.33. The molecule has 17 heavy (non-hydrogen) atoms. The van der Waals surface area contributed by atoms with Crippen molar-refractivity contribution in [1.29, 1.82) is 0 Å². The first-order valence-electron chi connectivity index (χ1n) is 5.14. The lowest BCUT2D eigenvalue weighted by Crippen LogP contribution is -2.10. The van der Waals surface area contributed by atoms with Crippen LogP contribution in [0.15, 0.2) is 36.4 Å². The fraction of sp³-hybridized carbons (Fsp3) is 0.154. The summed E-state index contributed by atoms with van der Waals surface area (Å²) in [6.45, 7) is 1.99. The van der Waals surface area contributed by atoms with E-state index in [2.05, 4.69) is 0 Å². The lowest BCUT2D eigenvalue weighted by Gasteiger charge is -2.05. The van der Waals surface area contributed by atoms with E-state index < -0.39 is 0 Å². The second kappa shape index (κ2) is 5.34. The van der Waals surface area contributed by atoms with Crippen LogP contribution in [0.3, 0.4) is 0 Å². The smallest absolute Gasteiger partial charge is 0.210 e. The third-order valence-corrected chi connectivity index (χ3v) is 3.56. The minimum absolute atomic E-state index is 0.0175. The van der Waals surface area contributed by atoms with E-state index in [4.69, 9.17) is 16.3 Å². The first-order chi connectivity index (χ1) is 8.16. The zero-order chi connectivity index (χ0) is 12.3.